The average molecular weight is 195 g/mol. The third-order valence-corrected chi connectivity index (χ3v) is 2.37. The van der Waals surface area contributed by atoms with Gasteiger partial charge in [-0.05, 0) is 6.92 Å². The molecule has 3 N–H and O–H groups in total. The third-order valence-electron chi connectivity index (χ3n) is 1.40. The van der Waals surface area contributed by atoms with Crippen LogP contribution in [-0.2, 0) is 10.8 Å². The van der Waals surface area contributed by atoms with E-state index in [0.29, 0.717) is 12.3 Å². The Labute approximate surface area is 75.4 Å². The number of nitrogens with one attached hydrogen (secondary N) is 1. The maximum Gasteiger partial charge on any atom is 0.0895 e. The molecule has 0 aromatic carbocycles. The molecule has 0 rings (SSSR count). The second-order valence-electron chi connectivity index (χ2n) is 2.89. The van der Waals surface area contributed by atoms with E-state index in [1.807, 2.05) is 6.92 Å². The van der Waals surface area contributed by atoms with Gasteiger partial charge in [-0.1, -0.05) is 0 Å². The largest absolute Gasteiger partial charge is 0.394 e. The zero-order valence-corrected chi connectivity index (χ0v) is 8.30. The normalized spacial score (nSPS) is 18.7. The molecule has 0 saturated carbocycles. The Morgan fingerprint density at radius 3 is 2.58 bits per heavy atom. The van der Waals surface area contributed by atoms with E-state index in [0.717, 1.165) is 0 Å². The third kappa shape index (κ3) is 6.72. The highest BCUT2D eigenvalue weighted by Gasteiger charge is 2.06. The molecule has 0 radical (unpaired) electrons. The van der Waals surface area contributed by atoms with Gasteiger partial charge in [0, 0.05) is 35.4 Å². The van der Waals surface area contributed by atoms with E-state index in [1.54, 1.807) is 6.26 Å². The van der Waals surface area contributed by atoms with Crippen LogP contribution in [0.15, 0.2) is 0 Å². The molecule has 3 atom stereocenters. The van der Waals surface area contributed by atoms with Crippen molar-refractivity contribution in [2.45, 2.75) is 19.1 Å². The summed E-state index contributed by atoms with van der Waals surface area (Å²) in [6, 6.07) is 0.108. The second-order valence-corrected chi connectivity index (χ2v) is 4.37. The summed E-state index contributed by atoms with van der Waals surface area (Å²) >= 11 is 0. The fourth-order valence-corrected chi connectivity index (χ4v) is 1.63. The Hall–Kier alpha value is 0.0300. The summed E-state index contributed by atoms with van der Waals surface area (Å²) in [5.41, 5.74) is 0. The molecule has 0 bridgehead atoms. The van der Waals surface area contributed by atoms with Gasteiger partial charge in [0.15, 0.2) is 0 Å². The van der Waals surface area contributed by atoms with Crippen molar-refractivity contribution < 1.29 is 14.4 Å². The minimum atomic E-state index is -0.819. The molecule has 0 aliphatic heterocycles. The van der Waals surface area contributed by atoms with Gasteiger partial charge in [0.1, 0.15) is 0 Å². The molecule has 0 aromatic heterocycles. The van der Waals surface area contributed by atoms with E-state index >= 15 is 0 Å². The van der Waals surface area contributed by atoms with Gasteiger partial charge >= 0.3 is 0 Å². The topological polar surface area (TPSA) is 69.6 Å². The molecule has 0 fully saturated rings. The summed E-state index contributed by atoms with van der Waals surface area (Å²) in [4.78, 5) is 0. The first-order valence-electron chi connectivity index (χ1n) is 3.88. The quantitative estimate of drug-likeness (QED) is 0.492. The van der Waals surface area contributed by atoms with E-state index in [1.165, 1.54) is 0 Å². The highest BCUT2D eigenvalue weighted by molar-refractivity contribution is 7.84. The predicted octanol–water partition coefficient (Wildman–Crippen LogP) is -1.30. The maximum atomic E-state index is 10.7. The van der Waals surface area contributed by atoms with Crippen LogP contribution in [0.2, 0.25) is 0 Å². The van der Waals surface area contributed by atoms with Gasteiger partial charge in [-0.15, -0.1) is 0 Å². The lowest BCUT2D eigenvalue weighted by Gasteiger charge is -2.14. The average Bonchev–Trinajstić information content (AvgIpc) is 1.99. The van der Waals surface area contributed by atoms with Crippen molar-refractivity contribution in [3.63, 3.8) is 0 Å². The van der Waals surface area contributed by atoms with Crippen LogP contribution in [0, 0.1) is 0 Å². The lowest BCUT2D eigenvalue weighted by Crippen LogP contribution is -2.38. The highest BCUT2D eigenvalue weighted by Crippen LogP contribution is 1.86. The summed E-state index contributed by atoms with van der Waals surface area (Å²) in [7, 11) is -0.819. The summed E-state index contributed by atoms with van der Waals surface area (Å²) in [5.74, 6) is 0.568. The van der Waals surface area contributed by atoms with Gasteiger partial charge in [0.2, 0.25) is 0 Å². The standard InChI is InChI=1S/C7H17NO3S/c1-6(5-12(2)11)8-3-7(10)4-9/h6-10H,3-5H2,1-2H3. The Morgan fingerprint density at radius 1 is 1.58 bits per heavy atom. The van der Waals surface area contributed by atoms with Gasteiger partial charge in [-0.3, -0.25) is 4.21 Å². The van der Waals surface area contributed by atoms with E-state index < -0.39 is 16.9 Å². The molecule has 0 aliphatic carbocycles. The van der Waals surface area contributed by atoms with Crippen LogP contribution >= 0.6 is 0 Å². The number of hydrogen-bond acceptors (Lipinski definition) is 4. The number of rotatable bonds is 6. The Bertz CT molecular complexity index is 143. The first kappa shape index (κ1) is 12.0. The van der Waals surface area contributed by atoms with Crippen LogP contribution in [0.25, 0.3) is 0 Å². The van der Waals surface area contributed by atoms with Crippen LogP contribution in [-0.4, -0.2) is 51.7 Å². The van der Waals surface area contributed by atoms with Crippen molar-refractivity contribution >= 4 is 10.8 Å². The van der Waals surface area contributed by atoms with Crippen LogP contribution in [0.4, 0.5) is 0 Å². The van der Waals surface area contributed by atoms with E-state index in [-0.39, 0.29) is 12.6 Å². The van der Waals surface area contributed by atoms with Gasteiger partial charge in [0.25, 0.3) is 0 Å². The van der Waals surface area contributed by atoms with Crippen LogP contribution < -0.4 is 5.32 Å². The fourth-order valence-electron chi connectivity index (χ4n) is 0.813. The molecule has 0 spiro atoms. The molecule has 12 heavy (non-hydrogen) atoms. The van der Waals surface area contributed by atoms with Crippen LogP contribution in [0.1, 0.15) is 6.92 Å². The van der Waals surface area contributed by atoms with E-state index in [9.17, 15) is 4.21 Å². The Balaban J connectivity index is 3.43. The molecular weight excluding hydrogens is 178 g/mol. The van der Waals surface area contributed by atoms with Gasteiger partial charge in [0.05, 0.1) is 12.7 Å². The smallest absolute Gasteiger partial charge is 0.0895 e. The highest BCUT2D eigenvalue weighted by atomic mass is 32.2. The second kappa shape index (κ2) is 6.54. The maximum absolute atomic E-state index is 10.7. The van der Waals surface area contributed by atoms with Crippen molar-refractivity contribution in [3.8, 4) is 0 Å². The molecule has 0 aliphatic rings. The van der Waals surface area contributed by atoms with Crippen LogP contribution in [0.3, 0.4) is 0 Å². The van der Waals surface area contributed by atoms with E-state index in [2.05, 4.69) is 5.32 Å². The predicted molar refractivity (Wildman–Crippen MR) is 49.5 cm³/mol. The molecule has 0 amide bonds. The first-order valence-corrected chi connectivity index (χ1v) is 5.61. The lowest BCUT2D eigenvalue weighted by molar-refractivity contribution is 0.0929. The summed E-state index contributed by atoms with van der Waals surface area (Å²) in [6.07, 6.45) is 0.915. The Morgan fingerprint density at radius 2 is 2.17 bits per heavy atom. The zero-order valence-electron chi connectivity index (χ0n) is 7.49. The Kier molecular flexibility index (Phi) is 6.55. The molecule has 0 saturated heterocycles. The zero-order chi connectivity index (χ0) is 9.56. The molecule has 4 nitrogen and oxygen atoms in total. The first-order chi connectivity index (χ1) is 5.56. The van der Waals surface area contributed by atoms with Gasteiger partial charge in [-0.25, -0.2) is 0 Å². The van der Waals surface area contributed by atoms with Gasteiger partial charge in [-0.2, -0.15) is 0 Å². The molecule has 74 valence electrons. The number of aliphatic hydroxyl groups excluding tert-OH is 2. The van der Waals surface area contributed by atoms with Crippen molar-refractivity contribution in [2.75, 3.05) is 25.2 Å². The van der Waals surface area contributed by atoms with Crippen molar-refractivity contribution in [3.05, 3.63) is 0 Å². The SMILES string of the molecule is CC(CS(C)=O)NCC(O)CO. The molecule has 0 heterocycles. The monoisotopic (exact) mass is 195 g/mol. The fraction of sp³-hybridized carbons (Fsp3) is 1.00. The number of aliphatic hydroxyl groups is 2. The van der Waals surface area contributed by atoms with Gasteiger partial charge < -0.3 is 15.5 Å². The molecular formula is C7H17NO3S. The minimum absolute atomic E-state index is 0.108. The van der Waals surface area contributed by atoms with Crippen LogP contribution in [0.5, 0.6) is 0 Å². The van der Waals surface area contributed by atoms with Crippen molar-refractivity contribution in [2.24, 2.45) is 0 Å². The minimum Gasteiger partial charge on any atom is -0.394 e. The van der Waals surface area contributed by atoms with Crippen molar-refractivity contribution in [1.82, 2.24) is 5.32 Å². The number of hydrogen-bond donors (Lipinski definition) is 3. The summed E-state index contributed by atoms with van der Waals surface area (Å²) in [5, 5.41) is 20.4. The van der Waals surface area contributed by atoms with Crippen molar-refractivity contribution in [1.29, 1.82) is 0 Å². The lowest BCUT2D eigenvalue weighted by atomic mass is 10.3. The molecule has 3 unspecified atom stereocenters. The molecule has 5 heteroatoms. The molecule has 0 aromatic rings. The van der Waals surface area contributed by atoms with E-state index in [4.69, 9.17) is 10.2 Å². The summed E-state index contributed by atoms with van der Waals surface area (Å²) in [6.45, 7) is 2.00. The summed E-state index contributed by atoms with van der Waals surface area (Å²) < 4.78 is 10.7.